The van der Waals surface area contributed by atoms with E-state index in [0.29, 0.717) is 5.92 Å². The highest BCUT2D eigenvalue weighted by Crippen LogP contribution is 2.23. The molecule has 0 radical (unpaired) electrons. The van der Waals surface area contributed by atoms with Gasteiger partial charge in [-0.05, 0) is 22.6 Å². The van der Waals surface area contributed by atoms with Gasteiger partial charge < -0.3 is 5.32 Å². The molecule has 0 fully saturated rings. The standard InChI is InChI=1S/C9H8INO/c10-7-5-6-3-1-2-4-8(6)11-9(7)12/h1-6,8H,(H,11,12). The Bertz CT molecular complexity index is 304. The summed E-state index contributed by atoms with van der Waals surface area (Å²) in [6, 6.07) is 0.168. The van der Waals surface area contributed by atoms with Crippen molar-refractivity contribution in [2.45, 2.75) is 6.04 Å². The summed E-state index contributed by atoms with van der Waals surface area (Å²) in [5.41, 5.74) is 0. The van der Waals surface area contributed by atoms with Crippen LogP contribution in [0.15, 0.2) is 34.0 Å². The van der Waals surface area contributed by atoms with E-state index in [9.17, 15) is 4.79 Å². The highest BCUT2D eigenvalue weighted by molar-refractivity contribution is 14.1. The third kappa shape index (κ3) is 1.33. The van der Waals surface area contributed by atoms with Crippen molar-refractivity contribution in [3.63, 3.8) is 0 Å². The van der Waals surface area contributed by atoms with Gasteiger partial charge in [0.25, 0.3) is 5.91 Å². The Morgan fingerprint density at radius 1 is 1.33 bits per heavy atom. The average molecular weight is 273 g/mol. The summed E-state index contributed by atoms with van der Waals surface area (Å²) in [6.45, 7) is 0. The zero-order chi connectivity index (χ0) is 8.55. The molecule has 2 nitrogen and oxygen atoms in total. The molecule has 1 aliphatic carbocycles. The van der Waals surface area contributed by atoms with E-state index in [1.54, 1.807) is 0 Å². The molecule has 1 amide bonds. The fraction of sp³-hybridized carbons (Fsp3) is 0.222. The molecule has 0 spiro atoms. The monoisotopic (exact) mass is 273 g/mol. The number of carbonyl (C=O) groups is 1. The van der Waals surface area contributed by atoms with Gasteiger partial charge in [0.1, 0.15) is 0 Å². The van der Waals surface area contributed by atoms with E-state index in [1.807, 2.05) is 24.3 Å². The van der Waals surface area contributed by atoms with Crippen LogP contribution in [0.3, 0.4) is 0 Å². The van der Waals surface area contributed by atoms with E-state index in [-0.39, 0.29) is 11.9 Å². The van der Waals surface area contributed by atoms with Crippen molar-refractivity contribution in [1.29, 1.82) is 0 Å². The van der Waals surface area contributed by atoms with Gasteiger partial charge in [0.05, 0.1) is 9.62 Å². The molecule has 0 aromatic rings. The summed E-state index contributed by atoms with van der Waals surface area (Å²) in [4.78, 5) is 11.2. The van der Waals surface area contributed by atoms with Gasteiger partial charge in [-0.2, -0.15) is 0 Å². The molecule has 62 valence electrons. The summed E-state index contributed by atoms with van der Waals surface area (Å²) in [5.74, 6) is 0.386. The third-order valence-electron chi connectivity index (χ3n) is 2.03. The molecule has 2 rings (SSSR count). The first-order valence-electron chi connectivity index (χ1n) is 3.80. The summed E-state index contributed by atoms with van der Waals surface area (Å²) in [5, 5.41) is 2.92. The van der Waals surface area contributed by atoms with Crippen molar-refractivity contribution in [2.75, 3.05) is 0 Å². The minimum absolute atomic E-state index is 0.0387. The molecular formula is C9H8INO. The smallest absolute Gasteiger partial charge is 0.257 e. The number of nitrogens with one attached hydrogen (secondary N) is 1. The maximum Gasteiger partial charge on any atom is 0.257 e. The van der Waals surface area contributed by atoms with Crippen molar-refractivity contribution in [3.05, 3.63) is 34.0 Å². The lowest BCUT2D eigenvalue weighted by Gasteiger charge is -2.26. The average Bonchev–Trinajstić information content (AvgIpc) is 2.07. The maximum absolute atomic E-state index is 11.2. The Labute approximate surface area is 84.6 Å². The summed E-state index contributed by atoms with van der Waals surface area (Å²) in [7, 11) is 0. The van der Waals surface area contributed by atoms with Crippen molar-refractivity contribution in [3.8, 4) is 0 Å². The summed E-state index contributed by atoms with van der Waals surface area (Å²) >= 11 is 2.06. The molecule has 1 aliphatic heterocycles. The van der Waals surface area contributed by atoms with Crippen molar-refractivity contribution in [2.24, 2.45) is 5.92 Å². The molecule has 1 N–H and O–H groups in total. The van der Waals surface area contributed by atoms with Gasteiger partial charge in [0, 0.05) is 5.92 Å². The molecule has 0 aromatic carbocycles. The fourth-order valence-corrected chi connectivity index (χ4v) is 1.96. The Morgan fingerprint density at radius 2 is 2.08 bits per heavy atom. The van der Waals surface area contributed by atoms with E-state index >= 15 is 0 Å². The van der Waals surface area contributed by atoms with Crippen LogP contribution in [0.1, 0.15) is 0 Å². The SMILES string of the molecule is O=C1NC2C=CC=CC2C=C1I. The van der Waals surface area contributed by atoms with Gasteiger partial charge in [-0.1, -0.05) is 30.4 Å². The number of hydrogen-bond acceptors (Lipinski definition) is 1. The van der Waals surface area contributed by atoms with E-state index in [4.69, 9.17) is 0 Å². The van der Waals surface area contributed by atoms with Gasteiger partial charge in [-0.25, -0.2) is 0 Å². The van der Waals surface area contributed by atoms with Crippen LogP contribution in [0.25, 0.3) is 0 Å². The minimum Gasteiger partial charge on any atom is -0.345 e. The van der Waals surface area contributed by atoms with Gasteiger partial charge in [-0.3, -0.25) is 4.79 Å². The predicted octanol–water partition coefficient (Wildman–Crippen LogP) is 1.55. The summed E-state index contributed by atoms with van der Waals surface area (Å²) < 4.78 is 0.786. The van der Waals surface area contributed by atoms with E-state index in [2.05, 4.69) is 34.0 Å². The zero-order valence-corrected chi connectivity index (χ0v) is 8.49. The van der Waals surface area contributed by atoms with Crippen LogP contribution in [0.4, 0.5) is 0 Å². The first-order chi connectivity index (χ1) is 5.77. The maximum atomic E-state index is 11.2. The number of allylic oxidation sites excluding steroid dienone is 2. The first kappa shape index (κ1) is 8.04. The van der Waals surface area contributed by atoms with Crippen LogP contribution in [0.5, 0.6) is 0 Å². The number of hydrogen-bond donors (Lipinski definition) is 1. The number of rotatable bonds is 0. The second-order valence-electron chi connectivity index (χ2n) is 2.86. The minimum atomic E-state index is 0.0387. The van der Waals surface area contributed by atoms with E-state index < -0.39 is 0 Å². The van der Waals surface area contributed by atoms with Gasteiger partial charge in [0.15, 0.2) is 0 Å². The molecular weight excluding hydrogens is 265 g/mol. The third-order valence-corrected chi connectivity index (χ3v) is 2.88. The Hall–Kier alpha value is -0.580. The number of amides is 1. The van der Waals surface area contributed by atoms with E-state index in [1.165, 1.54) is 0 Å². The second kappa shape index (κ2) is 3.05. The van der Waals surface area contributed by atoms with Crippen LogP contribution in [0, 0.1) is 5.92 Å². The molecule has 0 saturated carbocycles. The van der Waals surface area contributed by atoms with Crippen molar-refractivity contribution >= 4 is 28.5 Å². The van der Waals surface area contributed by atoms with Gasteiger partial charge >= 0.3 is 0 Å². The summed E-state index contributed by atoms with van der Waals surface area (Å²) in [6.07, 6.45) is 10.1. The molecule has 12 heavy (non-hydrogen) atoms. The lowest BCUT2D eigenvalue weighted by atomic mass is 9.92. The second-order valence-corrected chi connectivity index (χ2v) is 4.02. The fourth-order valence-electron chi connectivity index (χ4n) is 1.39. The highest BCUT2D eigenvalue weighted by atomic mass is 127. The van der Waals surface area contributed by atoms with Crippen LogP contribution < -0.4 is 5.32 Å². The highest BCUT2D eigenvalue weighted by Gasteiger charge is 2.25. The quantitative estimate of drug-likeness (QED) is 0.666. The molecule has 0 aromatic heterocycles. The Morgan fingerprint density at radius 3 is 2.92 bits per heavy atom. The lowest BCUT2D eigenvalue weighted by Crippen LogP contribution is -2.42. The normalized spacial score (nSPS) is 32.4. The molecule has 1 heterocycles. The molecule has 2 atom stereocenters. The molecule has 3 heteroatoms. The number of fused-ring (bicyclic) bond motifs is 1. The molecule has 0 saturated heterocycles. The van der Waals surface area contributed by atoms with Crippen molar-refractivity contribution in [1.82, 2.24) is 5.32 Å². The first-order valence-corrected chi connectivity index (χ1v) is 4.88. The predicted molar refractivity (Wildman–Crippen MR) is 55.8 cm³/mol. The number of halogens is 1. The Kier molecular flexibility index (Phi) is 2.04. The molecule has 2 aliphatic rings. The molecule has 0 bridgehead atoms. The van der Waals surface area contributed by atoms with Crippen LogP contribution in [-0.2, 0) is 4.79 Å². The van der Waals surface area contributed by atoms with Crippen LogP contribution >= 0.6 is 22.6 Å². The molecule has 2 unspecified atom stereocenters. The van der Waals surface area contributed by atoms with Crippen molar-refractivity contribution < 1.29 is 4.79 Å². The van der Waals surface area contributed by atoms with Crippen LogP contribution in [-0.4, -0.2) is 11.9 Å². The lowest BCUT2D eigenvalue weighted by molar-refractivity contribution is -0.117. The zero-order valence-electron chi connectivity index (χ0n) is 6.33. The topological polar surface area (TPSA) is 29.1 Å². The van der Waals surface area contributed by atoms with Gasteiger partial charge in [0.2, 0.25) is 0 Å². The van der Waals surface area contributed by atoms with E-state index in [0.717, 1.165) is 3.58 Å². The van der Waals surface area contributed by atoms with Gasteiger partial charge in [-0.15, -0.1) is 0 Å². The number of carbonyl (C=O) groups excluding carboxylic acids is 1. The van der Waals surface area contributed by atoms with Crippen LogP contribution in [0.2, 0.25) is 0 Å². The largest absolute Gasteiger partial charge is 0.345 e. The Balaban J connectivity index is 2.31.